The Kier molecular flexibility index (Phi) is 3.71. The highest BCUT2D eigenvalue weighted by Crippen LogP contribution is 2.21. The SMILES string of the molecule is Cc1ccc(C(=N)N)cc1OCc1cccc(O)c1. The highest BCUT2D eigenvalue weighted by molar-refractivity contribution is 5.95. The summed E-state index contributed by atoms with van der Waals surface area (Å²) in [6, 6.07) is 12.3. The molecule has 0 aliphatic carbocycles. The number of nitrogens with one attached hydrogen (secondary N) is 1. The second-order valence-electron chi connectivity index (χ2n) is 4.35. The molecule has 0 amide bonds. The van der Waals surface area contributed by atoms with Crippen molar-refractivity contribution in [3.63, 3.8) is 0 Å². The molecular weight excluding hydrogens is 240 g/mol. The molecule has 19 heavy (non-hydrogen) atoms. The molecular formula is C15H16N2O2. The third-order valence-corrected chi connectivity index (χ3v) is 2.80. The average molecular weight is 256 g/mol. The maximum absolute atomic E-state index is 9.38. The van der Waals surface area contributed by atoms with E-state index in [-0.39, 0.29) is 11.6 Å². The second-order valence-corrected chi connectivity index (χ2v) is 4.35. The Balaban J connectivity index is 2.15. The molecule has 2 aromatic rings. The Morgan fingerprint density at radius 1 is 1.26 bits per heavy atom. The minimum Gasteiger partial charge on any atom is -0.508 e. The van der Waals surface area contributed by atoms with Crippen LogP contribution in [-0.4, -0.2) is 10.9 Å². The third-order valence-electron chi connectivity index (χ3n) is 2.80. The number of amidine groups is 1. The largest absolute Gasteiger partial charge is 0.508 e. The lowest BCUT2D eigenvalue weighted by molar-refractivity contribution is 0.303. The Morgan fingerprint density at radius 3 is 2.74 bits per heavy atom. The van der Waals surface area contributed by atoms with Crippen LogP contribution in [0.4, 0.5) is 0 Å². The summed E-state index contributed by atoms with van der Waals surface area (Å²) in [5.41, 5.74) is 7.95. The molecule has 0 heterocycles. The number of rotatable bonds is 4. The summed E-state index contributed by atoms with van der Waals surface area (Å²) >= 11 is 0. The summed E-state index contributed by atoms with van der Waals surface area (Å²) in [6.07, 6.45) is 0. The number of benzene rings is 2. The van der Waals surface area contributed by atoms with Crippen LogP contribution in [-0.2, 0) is 6.61 Å². The van der Waals surface area contributed by atoms with E-state index in [4.69, 9.17) is 15.9 Å². The molecule has 0 aromatic heterocycles. The minimum absolute atomic E-state index is 0.0159. The summed E-state index contributed by atoms with van der Waals surface area (Å²) < 4.78 is 5.71. The summed E-state index contributed by atoms with van der Waals surface area (Å²) in [7, 11) is 0. The van der Waals surface area contributed by atoms with Crippen LogP contribution in [0.3, 0.4) is 0 Å². The molecule has 0 aliphatic heterocycles. The molecule has 0 saturated heterocycles. The van der Waals surface area contributed by atoms with E-state index in [2.05, 4.69) is 0 Å². The Labute approximate surface area is 112 Å². The van der Waals surface area contributed by atoms with E-state index in [1.165, 1.54) is 0 Å². The standard InChI is InChI=1S/C15H16N2O2/c1-10-5-6-12(15(16)17)8-14(10)19-9-11-3-2-4-13(18)7-11/h2-8,18H,9H2,1H3,(H3,16,17). The molecule has 0 aliphatic rings. The Morgan fingerprint density at radius 2 is 2.05 bits per heavy atom. The summed E-state index contributed by atoms with van der Waals surface area (Å²) in [4.78, 5) is 0. The first-order valence-corrected chi connectivity index (χ1v) is 5.92. The van der Waals surface area contributed by atoms with Gasteiger partial charge in [0.15, 0.2) is 0 Å². The first kappa shape index (κ1) is 13.0. The average Bonchev–Trinajstić information content (AvgIpc) is 2.37. The van der Waals surface area contributed by atoms with Crippen LogP contribution >= 0.6 is 0 Å². The van der Waals surface area contributed by atoms with Gasteiger partial charge in [0.1, 0.15) is 23.9 Å². The predicted molar refractivity (Wildman–Crippen MR) is 74.6 cm³/mol. The van der Waals surface area contributed by atoms with Crippen LogP contribution < -0.4 is 10.5 Å². The first-order chi connectivity index (χ1) is 9.06. The van der Waals surface area contributed by atoms with Crippen LogP contribution in [0.1, 0.15) is 16.7 Å². The lowest BCUT2D eigenvalue weighted by atomic mass is 10.1. The van der Waals surface area contributed by atoms with Crippen molar-refractivity contribution in [3.8, 4) is 11.5 Å². The smallest absolute Gasteiger partial charge is 0.123 e. The van der Waals surface area contributed by atoms with Crippen molar-refractivity contribution >= 4 is 5.84 Å². The van der Waals surface area contributed by atoms with Gasteiger partial charge in [-0.1, -0.05) is 24.3 Å². The highest BCUT2D eigenvalue weighted by Gasteiger charge is 2.04. The van der Waals surface area contributed by atoms with E-state index in [1.807, 2.05) is 19.1 Å². The quantitative estimate of drug-likeness (QED) is 0.581. The van der Waals surface area contributed by atoms with Gasteiger partial charge in [-0.3, -0.25) is 5.41 Å². The van der Waals surface area contributed by atoms with E-state index in [0.29, 0.717) is 17.9 Å². The van der Waals surface area contributed by atoms with Crippen LogP contribution in [0.5, 0.6) is 11.5 Å². The van der Waals surface area contributed by atoms with Crippen molar-refractivity contribution in [2.75, 3.05) is 0 Å². The molecule has 0 atom stereocenters. The minimum atomic E-state index is 0.0159. The fraction of sp³-hybridized carbons (Fsp3) is 0.133. The van der Waals surface area contributed by atoms with Gasteiger partial charge in [0, 0.05) is 5.56 Å². The van der Waals surface area contributed by atoms with Gasteiger partial charge in [0.25, 0.3) is 0 Å². The van der Waals surface area contributed by atoms with Crippen molar-refractivity contribution in [1.29, 1.82) is 5.41 Å². The van der Waals surface area contributed by atoms with E-state index in [9.17, 15) is 5.11 Å². The lowest BCUT2D eigenvalue weighted by Crippen LogP contribution is -2.11. The monoisotopic (exact) mass is 256 g/mol. The lowest BCUT2D eigenvalue weighted by Gasteiger charge is -2.11. The molecule has 0 fully saturated rings. The maximum Gasteiger partial charge on any atom is 0.123 e. The Bertz CT molecular complexity index is 609. The molecule has 98 valence electrons. The molecule has 2 aromatic carbocycles. The third kappa shape index (κ3) is 3.25. The van der Waals surface area contributed by atoms with Crippen LogP contribution in [0, 0.1) is 12.3 Å². The van der Waals surface area contributed by atoms with Gasteiger partial charge >= 0.3 is 0 Å². The van der Waals surface area contributed by atoms with Gasteiger partial charge in [-0.15, -0.1) is 0 Å². The fourth-order valence-corrected chi connectivity index (χ4v) is 1.73. The fourth-order valence-electron chi connectivity index (χ4n) is 1.73. The van der Waals surface area contributed by atoms with E-state index >= 15 is 0 Å². The zero-order chi connectivity index (χ0) is 13.8. The second kappa shape index (κ2) is 5.44. The molecule has 0 saturated carbocycles. The van der Waals surface area contributed by atoms with Crippen LogP contribution in [0.15, 0.2) is 42.5 Å². The van der Waals surface area contributed by atoms with E-state index in [0.717, 1.165) is 11.1 Å². The molecule has 2 rings (SSSR count). The maximum atomic E-state index is 9.38. The normalized spacial score (nSPS) is 10.2. The number of ether oxygens (including phenoxy) is 1. The van der Waals surface area contributed by atoms with Gasteiger partial charge in [0.05, 0.1) is 0 Å². The zero-order valence-electron chi connectivity index (χ0n) is 10.7. The number of hydrogen-bond donors (Lipinski definition) is 3. The topological polar surface area (TPSA) is 79.3 Å². The van der Waals surface area contributed by atoms with Crippen molar-refractivity contribution in [1.82, 2.24) is 0 Å². The van der Waals surface area contributed by atoms with Crippen molar-refractivity contribution < 1.29 is 9.84 Å². The van der Waals surface area contributed by atoms with Crippen molar-refractivity contribution in [2.45, 2.75) is 13.5 Å². The van der Waals surface area contributed by atoms with Gasteiger partial charge in [-0.25, -0.2) is 0 Å². The van der Waals surface area contributed by atoms with Gasteiger partial charge in [-0.05, 0) is 36.2 Å². The number of aromatic hydroxyl groups is 1. The number of aryl methyl sites for hydroxylation is 1. The van der Waals surface area contributed by atoms with Gasteiger partial charge in [-0.2, -0.15) is 0 Å². The molecule has 0 radical (unpaired) electrons. The molecule has 4 heteroatoms. The molecule has 0 bridgehead atoms. The summed E-state index contributed by atoms with van der Waals surface area (Å²) in [6.45, 7) is 2.29. The molecule has 0 spiro atoms. The van der Waals surface area contributed by atoms with Crippen LogP contribution in [0.2, 0.25) is 0 Å². The number of phenols is 1. The predicted octanol–water partition coefficient (Wildman–Crippen LogP) is 2.56. The number of phenolic OH excluding ortho intramolecular Hbond substituents is 1. The van der Waals surface area contributed by atoms with Gasteiger partial charge in [0.2, 0.25) is 0 Å². The number of nitrogen functional groups attached to an aromatic ring is 1. The van der Waals surface area contributed by atoms with E-state index in [1.54, 1.807) is 30.3 Å². The van der Waals surface area contributed by atoms with Crippen LogP contribution in [0.25, 0.3) is 0 Å². The van der Waals surface area contributed by atoms with Crippen molar-refractivity contribution in [3.05, 3.63) is 59.2 Å². The van der Waals surface area contributed by atoms with Crippen molar-refractivity contribution in [2.24, 2.45) is 5.73 Å². The molecule has 4 N–H and O–H groups in total. The molecule has 0 unspecified atom stereocenters. The molecule has 4 nitrogen and oxygen atoms in total. The number of hydrogen-bond acceptors (Lipinski definition) is 3. The van der Waals surface area contributed by atoms with E-state index < -0.39 is 0 Å². The summed E-state index contributed by atoms with van der Waals surface area (Å²) in [5.74, 6) is 0.925. The Hall–Kier alpha value is -2.49. The van der Waals surface area contributed by atoms with Gasteiger partial charge < -0.3 is 15.6 Å². The first-order valence-electron chi connectivity index (χ1n) is 5.92. The highest BCUT2D eigenvalue weighted by atomic mass is 16.5. The summed E-state index contributed by atoms with van der Waals surface area (Å²) in [5, 5.41) is 16.8. The number of nitrogens with two attached hydrogens (primary N) is 1. The zero-order valence-corrected chi connectivity index (χ0v) is 10.7.